The summed E-state index contributed by atoms with van der Waals surface area (Å²) in [5.74, 6) is -1.89. The van der Waals surface area contributed by atoms with Gasteiger partial charge in [0.15, 0.2) is 0 Å². The van der Waals surface area contributed by atoms with Gasteiger partial charge in [-0.05, 0) is 44.9 Å². The molecule has 4 unspecified atom stereocenters. The minimum absolute atomic E-state index is 0.00435. The molecule has 0 aromatic heterocycles. The van der Waals surface area contributed by atoms with Crippen LogP contribution in [0, 0.1) is 16.7 Å². The number of carboxylic acid groups (broad SMARTS) is 2. The summed E-state index contributed by atoms with van der Waals surface area (Å²) in [5.41, 5.74) is -2.02. The van der Waals surface area contributed by atoms with E-state index >= 15 is 0 Å². The maximum absolute atomic E-state index is 11.4. The second-order valence-corrected chi connectivity index (χ2v) is 6.00. The third-order valence-corrected chi connectivity index (χ3v) is 4.35. The minimum Gasteiger partial charge on any atom is -0.481 e. The van der Waals surface area contributed by atoms with Crippen LogP contribution in [0.25, 0.3) is 0 Å². The molecule has 0 aromatic rings. The van der Waals surface area contributed by atoms with E-state index in [2.05, 4.69) is 0 Å². The van der Waals surface area contributed by atoms with Crippen LogP contribution in [0.4, 0.5) is 0 Å². The molecule has 3 N–H and O–H groups in total. The van der Waals surface area contributed by atoms with Crippen LogP contribution >= 0.6 is 0 Å². The Labute approximate surface area is 99.4 Å². The van der Waals surface area contributed by atoms with Crippen molar-refractivity contribution in [1.29, 1.82) is 0 Å². The zero-order valence-electron chi connectivity index (χ0n) is 9.85. The van der Waals surface area contributed by atoms with Crippen LogP contribution in [0.15, 0.2) is 0 Å². The second kappa shape index (κ2) is 3.70. The lowest BCUT2D eigenvalue weighted by Crippen LogP contribution is -2.52. The molecule has 0 aliphatic heterocycles. The lowest BCUT2D eigenvalue weighted by atomic mass is 9.53. The van der Waals surface area contributed by atoms with Crippen molar-refractivity contribution in [2.24, 2.45) is 16.7 Å². The fraction of sp³-hybridized carbons (Fsp3) is 0.833. The van der Waals surface area contributed by atoms with Crippen molar-refractivity contribution in [3.05, 3.63) is 0 Å². The number of rotatable bonds is 2. The molecule has 0 amide bonds. The van der Waals surface area contributed by atoms with E-state index < -0.39 is 28.9 Å². The predicted molar refractivity (Wildman–Crippen MR) is 58.4 cm³/mol. The average Bonchev–Trinajstić information content (AvgIpc) is 2.14. The van der Waals surface area contributed by atoms with Gasteiger partial charge in [0.1, 0.15) is 0 Å². The first kappa shape index (κ1) is 12.4. The SMILES string of the molecule is CC1(C(=O)O)CC2CC(O)CC(C(=O)O)(C2)C1. The molecule has 2 aliphatic rings. The van der Waals surface area contributed by atoms with E-state index in [1.165, 1.54) is 0 Å². The Morgan fingerprint density at radius 3 is 2.29 bits per heavy atom. The largest absolute Gasteiger partial charge is 0.481 e. The third-order valence-electron chi connectivity index (χ3n) is 4.35. The number of fused-ring (bicyclic) bond motifs is 2. The van der Waals surface area contributed by atoms with Gasteiger partial charge >= 0.3 is 11.9 Å². The summed E-state index contributed by atoms with van der Waals surface area (Å²) in [6.45, 7) is 1.62. The highest BCUT2D eigenvalue weighted by Gasteiger charge is 2.56. The molecule has 5 nitrogen and oxygen atoms in total. The van der Waals surface area contributed by atoms with Crippen LogP contribution in [0.3, 0.4) is 0 Å². The van der Waals surface area contributed by atoms with Gasteiger partial charge in [0.05, 0.1) is 16.9 Å². The quantitative estimate of drug-likeness (QED) is 0.674. The van der Waals surface area contributed by atoms with Crippen LogP contribution in [-0.4, -0.2) is 33.4 Å². The summed E-state index contributed by atoms with van der Waals surface area (Å²) in [7, 11) is 0. The molecule has 17 heavy (non-hydrogen) atoms. The van der Waals surface area contributed by atoms with Gasteiger partial charge in [0, 0.05) is 0 Å². The van der Waals surface area contributed by atoms with E-state index in [0.29, 0.717) is 19.3 Å². The monoisotopic (exact) mass is 242 g/mol. The highest BCUT2D eigenvalue weighted by Crippen LogP contribution is 2.55. The van der Waals surface area contributed by atoms with E-state index in [1.54, 1.807) is 6.92 Å². The van der Waals surface area contributed by atoms with Crippen LogP contribution in [-0.2, 0) is 9.59 Å². The molecule has 0 heterocycles. The van der Waals surface area contributed by atoms with Gasteiger partial charge < -0.3 is 15.3 Å². The Morgan fingerprint density at radius 2 is 1.76 bits per heavy atom. The van der Waals surface area contributed by atoms with Crippen LogP contribution in [0.5, 0.6) is 0 Å². The molecule has 2 fully saturated rings. The maximum atomic E-state index is 11.4. The molecule has 2 aliphatic carbocycles. The Kier molecular flexibility index (Phi) is 2.69. The van der Waals surface area contributed by atoms with Crippen LogP contribution < -0.4 is 0 Å². The molecule has 96 valence electrons. The number of aliphatic hydroxyl groups is 1. The smallest absolute Gasteiger partial charge is 0.309 e. The maximum Gasteiger partial charge on any atom is 0.309 e. The van der Waals surface area contributed by atoms with E-state index in [9.17, 15) is 24.9 Å². The van der Waals surface area contributed by atoms with Gasteiger partial charge in [-0.2, -0.15) is 0 Å². The van der Waals surface area contributed by atoms with E-state index in [0.717, 1.165) is 0 Å². The second-order valence-electron chi connectivity index (χ2n) is 6.00. The predicted octanol–water partition coefficient (Wildman–Crippen LogP) is 1.10. The number of aliphatic hydroxyl groups excluding tert-OH is 1. The summed E-state index contributed by atoms with van der Waals surface area (Å²) in [4.78, 5) is 22.7. The molecule has 2 saturated carbocycles. The van der Waals surface area contributed by atoms with Gasteiger partial charge in [-0.1, -0.05) is 0 Å². The number of carbonyl (C=O) groups is 2. The van der Waals surface area contributed by atoms with Gasteiger partial charge in [-0.15, -0.1) is 0 Å². The molecule has 0 radical (unpaired) electrons. The summed E-state index contributed by atoms with van der Waals surface area (Å²) >= 11 is 0. The van der Waals surface area contributed by atoms with E-state index in [-0.39, 0.29) is 18.8 Å². The fourth-order valence-corrected chi connectivity index (χ4v) is 3.81. The van der Waals surface area contributed by atoms with Gasteiger partial charge in [-0.3, -0.25) is 9.59 Å². The molecule has 2 rings (SSSR count). The van der Waals surface area contributed by atoms with Gasteiger partial charge in [-0.25, -0.2) is 0 Å². The zero-order valence-corrected chi connectivity index (χ0v) is 9.85. The Bertz CT molecular complexity index is 360. The Balaban J connectivity index is 2.35. The number of hydrogen-bond donors (Lipinski definition) is 3. The van der Waals surface area contributed by atoms with Crippen LogP contribution in [0.1, 0.15) is 39.0 Å². The first-order valence-electron chi connectivity index (χ1n) is 5.92. The number of carboxylic acids is 2. The first-order valence-corrected chi connectivity index (χ1v) is 5.92. The molecule has 4 atom stereocenters. The van der Waals surface area contributed by atoms with Crippen molar-refractivity contribution >= 4 is 11.9 Å². The normalized spacial score (nSPS) is 45.3. The van der Waals surface area contributed by atoms with Crippen molar-refractivity contribution in [3.8, 4) is 0 Å². The lowest BCUT2D eigenvalue weighted by molar-refractivity contribution is -0.173. The van der Waals surface area contributed by atoms with Gasteiger partial charge in [0.2, 0.25) is 0 Å². The van der Waals surface area contributed by atoms with E-state index in [1.807, 2.05) is 0 Å². The van der Waals surface area contributed by atoms with Gasteiger partial charge in [0.25, 0.3) is 0 Å². The lowest BCUT2D eigenvalue weighted by Gasteiger charge is -2.50. The Hall–Kier alpha value is -1.10. The van der Waals surface area contributed by atoms with Crippen molar-refractivity contribution in [3.63, 3.8) is 0 Å². The van der Waals surface area contributed by atoms with Crippen molar-refractivity contribution in [1.82, 2.24) is 0 Å². The van der Waals surface area contributed by atoms with Crippen LogP contribution in [0.2, 0.25) is 0 Å². The molecular formula is C12H18O5. The standard InChI is InChI=1S/C12H18O5/c1-11(9(14)15)3-7-2-8(13)5-12(4-7,6-11)10(16)17/h7-8,13H,2-6H2,1H3,(H,14,15)(H,16,17). The number of aliphatic carboxylic acids is 2. The topological polar surface area (TPSA) is 94.8 Å². The summed E-state index contributed by atoms with van der Waals surface area (Å²) in [5, 5.41) is 28.4. The first-order chi connectivity index (χ1) is 7.77. The third kappa shape index (κ3) is 1.92. The number of hydrogen-bond acceptors (Lipinski definition) is 3. The molecule has 2 bridgehead atoms. The van der Waals surface area contributed by atoms with Crippen molar-refractivity contribution in [2.45, 2.75) is 45.1 Å². The molecule has 5 heteroatoms. The fourth-order valence-electron chi connectivity index (χ4n) is 3.81. The highest BCUT2D eigenvalue weighted by molar-refractivity contribution is 5.79. The zero-order chi connectivity index (χ0) is 12.8. The summed E-state index contributed by atoms with van der Waals surface area (Å²) in [6, 6.07) is 0. The van der Waals surface area contributed by atoms with E-state index in [4.69, 9.17) is 0 Å². The molecule has 0 spiro atoms. The highest BCUT2D eigenvalue weighted by atomic mass is 16.4. The Morgan fingerprint density at radius 1 is 1.12 bits per heavy atom. The summed E-state index contributed by atoms with van der Waals surface area (Å²) < 4.78 is 0. The molecule has 0 saturated heterocycles. The molecular weight excluding hydrogens is 224 g/mol. The van der Waals surface area contributed by atoms with Crippen molar-refractivity contribution in [2.75, 3.05) is 0 Å². The average molecular weight is 242 g/mol. The summed E-state index contributed by atoms with van der Waals surface area (Å²) in [6.07, 6.45) is 1.19. The minimum atomic E-state index is -1.05. The molecule has 0 aromatic carbocycles. The van der Waals surface area contributed by atoms with Crippen molar-refractivity contribution < 1.29 is 24.9 Å².